The lowest BCUT2D eigenvalue weighted by atomic mass is 10.0. The molecule has 122 valence electrons. The number of nitrogens with one attached hydrogen (secondary N) is 1. The van der Waals surface area contributed by atoms with Crippen LogP contribution in [0.15, 0.2) is 63.8 Å². The van der Waals surface area contributed by atoms with Gasteiger partial charge in [0.15, 0.2) is 0 Å². The van der Waals surface area contributed by atoms with Gasteiger partial charge >= 0.3 is 5.63 Å². The van der Waals surface area contributed by atoms with Gasteiger partial charge in [-0.15, -0.1) is 0 Å². The first kappa shape index (κ1) is 16.3. The van der Waals surface area contributed by atoms with Gasteiger partial charge in [-0.05, 0) is 36.2 Å². The molecule has 0 unspecified atom stereocenters. The standard InChI is InChI=1S/C19H16ClNO3/c1-2-16(12-6-4-3-5-7-12)21-18(22)15-11-13-10-14(20)8-9-17(13)24-19(15)23/h3-11,16H,2H2,1H3,(H,21,22)/t16-/m0/s1. The molecule has 3 aromatic rings. The third kappa shape index (κ3) is 3.34. The van der Waals surface area contributed by atoms with Gasteiger partial charge in [0, 0.05) is 10.4 Å². The molecule has 5 heteroatoms. The van der Waals surface area contributed by atoms with E-state index in [4.69, 9.17) is 16.0 Å². The molecule has 0 saturated heterocycles. The van der Waals surface area contributed by atoms with E-state index in [0.717, 1.165) is 5.56 Å². The largest absolute Gasteiger partial charge is 0.422 e. The van der Waals surface area contributed by atoms with Crippen LogP contribution in [0, 0.1) is 0 Å². The molecular formula is C19H16ClNO3. The van der Waals surface area contributed by atoms with Crippen LogP contribution in [0.3, 0.4) is 0 Å². The van der Waals surface area contributed by atoms with Gasteiger partial charge in [-0.1, -0.05) is 48.9 Å². The summed E-state index contributed by atoms with van der Waals surface area (Å²) in [6.07, 6.45) is 0.709. The molecule has 1 aromatic heterocycles. The Balaban J connectivity index is 1.93. The average molecular weight is 342 g/mol. The lowest BCUT2D eigenvalue weighted by Crippen LogP contribution is -2.31. The lowest BCUT2D eigenvalue weighted by molar-refractivity contribution is 0.0932. The van der Waals surface area contributed by atoms with E-state index in [2.05, 4.69) is 5.32 Å². The second kappa shape index (κ2) is 6.89. The molecule has 0 radical (unpaired) electrons. The third-order valence-electron chi connectivity index (χ3n) is 3.85. The normalized spacial score (nSPS) is 12.1. The van der Waals surface area contributed by atoms with Gasteiger partial charge in [-0.25, -0.2) is 4.79 Å². The van der Waals surface area contributed by atoms with Gasteiger partial charge in [0.05, 0.1) is 6.04 Å². The first-order chi connectivity index (χ1) is 11.6. The Hall–Kier alpha value is -2.59. The molecule has 1 heterocycles. The number of amides is 1. The highest BCUT2D eigenvalue weighted by Gasteiger charge is 2.18. The van der Waals surface area contributed by atoms with Gasteiger partial charge in [0.25, 0.3) is 5.91 Å². The molecule has 24 heavy (non-hydrogen) atoms. The predicted molar refractivity (Wildman–Crippen MR) is 94.4 cm³/mol. The topological polar surface area (TPSA) is 59.3 Å². The van der Waals surface area contributed by atoms with E-state index < -0.39 is 11.5 Å². The van der Waals surface area contributed by atoms with Gasteiger partial charge in [-0.3, -0.25) is 4.79 Å². The molecule has 1 N–H and O–H groups in total. The number of carbonyl (C=O) groups excluding carboxylic acids is 1. The van der Waals surface area contributed by atoms with Crippen molar-refractivity contribution in [2.45, 2.75) is 19.4 Å². The van der Waals surface area contributed by atoms with Crippen molar-refractivity contribution in [2.75, 3.05) is 0 Å². The summed E-state index contributed by atoms with van der Waals surface area (Å²) in [5.41, 5.74) is 0.696. The summed E-state index contributed by atoms with van der Waals surface area (Å²) in [6, 6.07) is 15.9. The van der Waals surface area contributed by atoms with Gasteiger partial charge in [-0.2, -0.15) is 0 Å². The Bertz CT molecular complexity index is 934. The Kier molecular flexibility index (Phi) is 4.67. The van der Waals surface area contributed by atoms with Crippen molar-refractivity contribution in [3.05, 3.63) is 81.2 Å². The summed E-state index contributed by atoms with van der Waals surface area (Å²) in [4.78, 5) is 24.6. The Morgan fingerprint density at radius 3 is 2.62 bits per heavy atom. The highest BCUT2D eigenvalue weighted by molar-refractivity contribution is 6.31. The fraction of sp³-hybridized carbons (Fsp3) is 0.158. The summed E-state index contributed by atoms with van der Waals surface area (Å²) in [5.74, 6) is -0.457. The number of hydrogen-bond donors (Lipinski definition) is 1. The Morgan fingerprint density at radius 2 is 1.92 bits per heavy atom. The Morgan fingerprint density at radius 1 is 1.17 bits per heavy atom. The van der Waals surface area contributed by atoms with E-state index in [9.17, 15) is 9.59 Å². The van der Waals surface area contributed by atoms with E-state index in [-0.39, 0.29) is 11.6 Å². The molecule has 0 aliphatic carbocycles. The van der Waals surface area contributed by atoms with Gasteiger partial charge < -0.3 is 9.73 Å². The monoisotopic (exact) mass is 341 g/mol. The van der Waals surface area contributed by atoms with Crippen molar-refractivity contribution < 1.29 is 9.21 Å². The zero-order valence-corrected chi connectivity index (χ0v) is 13.8. The van der Waals surface area contributed by atoms with Crippen LogP contribution in [0.25, 0.3) is 11.0 Å². The maximum Gasteiger partial charge on any atom is 0.349 e. The molecule has 0 bridgehead atoms. The summed E-state index contributed by atoms with van der Waals surface area (Å²) < 4.78 is 5.21. The molecule has 2 aromatic carbocycles. The molecule has 1 atom stereocenters. The van der Waals surface area contributed by atoms with Crippen molar-refractivity contribution in [1.29, 1.82) is 0 Å². The smallest absolute Gasteiger partial charge is 0.349 e. The second-order valence-corrected chi connectivity index (χ2v) is 5.91. The molecule has 0 saturated carbocycles. The number of fused-ring (bicyclic) bond motifs is 1. The molecule has 3 rings (SSSR count). The van der Waals surface area contributed by atoms with Crippen LogP contribution in [0.1, 0.15) is 35.3 Å². The SMILES string of the molecule is CC[C@H](NC(=O)c1cc2cc(Cl)ccc2oc1=O)c1ccccc1. The van der Waals surface area contributed by atoms with Crippen LogP contribution in [-0.4, -0.2) is 5.91 Å². The number of halogens is 1. The van der Waals surface area contributed by atoms with E-state index in [1.807, 2.05) is 37.3 Å². The first-order valence-electron chi connectivity index (χ1n) is 7.67. The maximum atomic E-state index is 12.5. The van der Waals surface area contributed by atoms with Crippen LogP contribution < -0.4 is 10.9 Å². The number of carbonyl (C=O) groups is 1. The van der Waals surface area contributed by atoms with Crippen molar-refractivity contribution in [2.24, 2.45) is 0 Å². The quantitative estimate of drug-likeness (QED) is 0.718. The van der Waals surface area contributed by atoms with Crippen molar-refractivity contribution in [3.8, 4) is 0 Å². The maximum absolute atomic E-state index is 12.5. The van der Waals surface area contributed by atoms with Crippen LogP contribution in [0.2, 0.25) is 5.02 Å². The summed E-state index contributed by atoms with van der Waals surface area (Å²) >= 11 is 5.96. The minimum atomic E-state index is -0.662. The van der Waals surface area contributed by atoms with Gasteiger partial charge in [0.2, 0.25) is 0 Å². The first-order valence-corrected chi connectivity index (χ1v) is 8.05. The molecule has 0 fully saturated rings. The molecule has 0 aliphatic heterocycles. The van der Waals surface area contributed by atoms with Crippen LogP contribution in [0.4, 0.5) is 0 Å². The average Bonchev–Trinajstić information content (AvgIpc) is 2.60. The second-order valence-electron chi connectivity index (χ2n) is 5.47. The fourth-order valence-electron chi connectivity index (χ4n) is 2.60. The van der Waals surface area contributed by atoms with E-state index in [1.165, 1.54) is 6.07 Å². The molecular weight excluding hydrogens is 326 g/mol. The summed E-state index contributed by atoms with van der Waals surface area (Å²) in [5, 5.41) is 4.01. The minimum Gasteiger partial charge on any atom is -0.422 e. The number of rotatable bonds is 4. The molecule has 1 amide bonds. The van der Waals surface area contributed by atoms with Crippen molar-refractivity contribution in [3.63, 3.8) is 0 Å². The number of benzene rings is 2. The van der Waals surface area contributed by atoms with Crippen LogP contribution in [0.5, 0.6) is 0 Å². The fourth-order valence-corrected chi connectivity index (χ4v) is 2.78. The lowest BCUT2D eigenvalue weighted by Gasteiger charge is -2.17. The highest BCUT2D eigenvalue weighted by atomic mass is 35.5. The van der Waals surface area contributed by atoms with Crippen LogP contribution in [-0.2, 0) is 0 Å². The zero-order valence-electron chi connectivity index (χ0n) is 13.1. The predicted octanol–water partition coefficient (Wildman–Crippen LogP) is 4.33. The number of hydrogen-bond acceptors (Lipinski definition) is 3. The van der Waals surface area contributed by atoms with Crippen molar-refractivity contribution in [1.82, 2.24) is 5.32 Å². The van der Waals surface area contributed by atoms with Crippen molar-refractivity contribution >= 4 is 28.5 Å². The summed E-state index contributed by atoms with van der Waals surface area (Å²) in [7, 11) is 0. The zero-order chi connectivity index (χ0) is 17.1. The van der Waals surface area contributed by atoms with E-state index >= 15 is 0 Å². The molecule has 0 aliphatic rings. The Labute approximate surface area is 144 Å². The molecule has 0 spiro atoms. The third-order valence-corrected chi connectivity index (χ3v) is 4.09. The summed E-state index contributed by atoms with van der Waals surface area (Å²) in [6.45, 7) is 1.97. The van der Waals surface area contributed by atoms with E-state index in [1.54, 1.807) is 18.2 Å². The van der Waals surface area contributed by atoms with Crippen LogP contribution >= 0.6 is 11.6 Å². The molecule has 4 nitrogen and oxygen atoms in total. The minimum absolute atomic E-state index is 0.0286. The van der Waals surface area contributed by atoms with Gasteiger partial charge in [0.1, 0.15) is 11.1 Å². The highest BCUT2D eigenvalue weighted by Crippen LogP contribution is 2.20. The van der Waals surface area contributed by atoms with E-state index in [0.29, 0.717) is 22.4 Å².